The summed E-state index contributed by atoms with van der Waals surface area (Å²) >= 11 is 0. The number of likely N-dealkylation sites (N-methyl/N-ethyl adjacent to an activating group) is 1. The number of benzene rings is 1. The van der Waals surface area contributed by atoms with Gasteiger partial charge in [0.1, 0.15) is 38.8 Å². The van der Waals surface area contributed by atoms with Gasteiger partial charge in [0.25, 0.3) is 0 Å². The molecule has 0 spiro atoms. The zero-order valence-corrected chi connectivity index (χ0v) is 12.7. The van der Waals surface area contributed by atoms with Crippen molar-refractivity contribution in [2.75, 3.05) is 39.8 Å². The van der Waals surface area contributed by atoms with Crippen LogP contribution in [0.3, 0.4) is 0 Å². The van der Waals surface area contributed by atoms with Crippen LogP contribution < -0.4 is 9.80 Å². The number of aryl methyl sites for hydroxylation is 1. The first kappa shape index (κ1) is 15.0. The van der Waals surface area contributed by atoms with E-state index in [1.165, 1.54) is 13.1 Å². The summed E-state index contributed by atoms with van der Waals surface area (Å²) < 4.78 is 5.55. The third-order valence-electron chi connectivity index (χ3n) is 3.95. The molecule has 1 aliphatic heterocycles. The summed E-state index contributed by atoms with van der Waals surface area (Å²) in [4.78, 5) is 15.2. The lowest BCUT2D eigenvalue weighted by molar-refractivity contribution is -1.00. The standard InChI is InChI=1S/C16H24N2O2/c1-13-5-4-6-15(11-13)16(19)20-14(2)12-18-9-7-17(3)8-10-18/h4-6,11,14H,7-10,12H2,1-3H3/p+2/t14-/m0/s1. The molecule has 0 radical (unpaired) electrons. The lowest BCUT2D eigenvalue weighted by Gasteiger charge is -2.28. The van der Waals surface area contributed by atoms with Crippen LogP contribution >= 0.6 is 0 Å². The van der Waals surface area contributed by atoms with Gasteiger partial charge in [-0.05, 0) is 26.0 Å². The monoisotopic (exact) mass is 278 g/mol. The third-order valence-corrected chi connectivity index (χ3v) is 3.95. The van der Waals surface area contributed by atoms with E-state index in [9.17, 15) is 4.79 Å². The summed E-state index contributed by atoms with van der Waals surface area (Å²) in [5, 5.41) is 0. The number of carbonyl (C=O) groups is 1. The van der Waals surface area contributed by atoms with Crippen LogP contribution in [0.1, 0.15) is 22.8 Å². The second kappa shape index (κ2) is 6.86. The number of piperazine rings is 1. The predicted octanol–water partition coefficient (Wildman–Crippen LogP) is -1.05. The molecule has 1 saturated heterocycles. The molecular formula is C16H26N2O2+2. The van der Waals surface area contributed by atoms with E-state index in [0.29, 0.717) is 5.56 Å². The van der Waals surface area contributed by atoms with Crippen LogP contribution in [0.15, 0.2) is 24.3 Å². The number of esters is 1. The Morgan fingerprint density at radius 1 is 1.30 bits per heavy atom. The Bertz CT molecular complexity index is 454. The summed E-state index contributed by atoms with van der Waals surface area (Å²) in [6, 6.07) is 7.57. The first-order valence-corrected chi connectivity index (χ1v) is 7.47. The fourth-order valence-electron chi connectivity index (χ4n) is 2.71. The van der Waals surface area contributed by atoms with Crippen LogP contribution in [0, 0.1) is 6.92 Å². The molecule has 2 rings (SSSR count). The zero-order valence-electron chi connectivity index (χ0n) is 12.7. The van der Waals surface area contributed by atoms with E-state index in [1.807, 2.05) is 38.1 Å². The van der Waals surface area contributed by atoms with Crippen molar-refractivity contribution in [2.45, 2.75) is 20.0 Å². The van der Waals surface area contributed by atoms with E-state index in [4.69, 9.17) is 4.74 Å². The van der Waals surface area contributed by atoms with Crippen molar-refractivity contribution < 1.29 is 19.3 Å². The van der Waals surface area contributed by atoms with Gasteiger partial charge in [-0.1, -0.05) is 17.7 Å². The maximum Gasteiger partial charge on any atom is 0.338 e. The molecule has 0 amide bonds. The van der Waals surface area contributed by atoms with Gasteiger partial charge in [-0.15, -0.1) is 0 Å². The molecule has 0 unspecified atom stereocenters. The minimum atomic E-state index is -0.208. The number of hydrogen-bond acceptors (Lipinski definition) is 2. The fraction of sp³-hybridized carbons (Fsp3) is 0.562. The summed E-state index contributed by atoms with van der Waals surface area (Å²) in [5.74, 6) is -0.208. The lowest BCUT2D eigenvalue weighted by atomic mass is 10.1. The highest BCUT2D eigenvalue weighted by atomic mass is 16.5. The molecule has 4 heteroatoms. The highest BCUT2D eigenvalue weighted by Crippen LogP contribution is 2.06. The molecule has 1 atom stereocenters. The van der Waals surface area contributed by atoms with Crippen LogP contribution in [0.25, 0.3) is 0 Å². The largest absolute Gasteiger partial charge is 0.453 e. The van der Waals surface area contributed by atoms with Gasteiger partial charge in [-0.25, -0.2) is 4.79 Å². The van der Waals surface area contributed by atoms with Gasteiger partial charge >= 0.3 is 5.97 Å². The highest BCUT2D eigenvalue weighted by molar-refractivity contribution is 5.89. The SMILES string of the molecule is Cc1cccc(C(=O)O[C@@H](C)C[NH+]2CC[NH+](C)CC2)c1. The maximum absolute atomic E-state index is 12.1. The molecule has 0 aliphatic carbocycles. The third kappa shape index (κ3) is 4.32. The van der Waals surface area contributed by atoms with E-state index >= 15 is 0 Å². The fourth-order valence-corrected chi connectivity index (χ4v) is 2.71. The molecule has 4 nitrogen and oxygen atoms in total. The lowest BCUT2D eigenvalue weighted by Crippen LogP contribution is -3.27. The minimum Gasteiger partial charge on any atom is -0.453 e. The number of ether oxygens (including phenoxy) is 1. The molecule has 20 heavy (non-hydrogen) atoms. The predicted molar refractivity (Wildman–Crippen MR) is 78.2 cm³/mol. The molecule has 1 aromatic rings. The second-order valence-corrected chi connectivity index (χ2v) is 6.00. The molecule has 0 aromatic heterocycles. The van der Waals surface area contributed by atoms with Crippen molar-refractivity contribution >= 4 is 5.97 Å². The molecule has 0 saturated carbocycles. The zero-order chi connectivity index (χ0) is 14.5. The van der Waals surface area contributed by atoms with Gasteiger partial charge in [0.15, 0.2) is 0 Å². The van der Waals surface area contributed by atoms with Gasteiger partial charge in [-0.2, -0.15) is 0 Å². The Morgan fingerprint density at radius 3 is 2.65 bits per heavy atom. The number of nitrogens with one attached hydrogen (secondary N) is 2. The average molecular weight is 278 g/mol. The van der Waals surface area contributed by atoms with Crippen molar-refractivity contribution in [2.24, 2.45) is 0 Å². The summed E-state index contributed by atoms with van der Waals surface area (Å²) in [6.45, 7) is 9.62. The number of carbonyl (C=O) groups excluding carboxylic acids is 1. The normalized spacial score (nSPS) is 24.1. The molecule has 110 valence electrons. The number of hydrogen-bond donors (Lipinski definition) is 2. The van der Waals surface area contributed by atoms with Crippen molar-refractivity contribution in [3.8, 4) is 0 Å². The van der Waals surface area contributed by atoms with Gasteiger partial charge in [-0.3, -0.25) is 0 Å². The Kier molecular flexibility index (Phi) is 5.15. The average Bonchev–Trinajstić information content (AvgIpc) is 2.41. The van der Waals surface area contributed by atoms with Crippen LogP contribution in [-0.2, 0) is 4.74 Å². The van der Waals surface area contributed by atoms with Crippen molar-refractivity contribution in [3.63, 3.8) is 0 Å². The molecule has 0 bridgehead atoms. The van der Waals surface area contributed by atoms with Crippen LogP contribution in [0.5, 0.6) is 0 Å². The molecular weight excluding hydrogens is 252 g/mol. The van der Waals surface area contributed by atoms with Crippen LogP contribution in [-0.4, -0.2) is 51.8 Å². The van der Waals surface area contributed by atoms with Gasteiger partial charge in [0.2, 0.25) is 0 Å². The van der Waals surface area contributed by atoms with Crippen molar-refractivity contribution in [3.05, 3.63) is 35.4 Å². The molecule has 1 aromatic carbocycles. The first-order chi connectivity index (χ1) is 9.54. The Labute approximate surface area is 121 Å². The summed E-state index contributed by atoms with van der Waals surface area (Å²) in [6.07, 6.45) is -0.0311. The molecule has 1 aliphatic rings. The number of rotatable bonds is 4. The van der Waals surface area contributed by atoms with Gasteiger partial charge in [0, 0.05) is 0 Å². The van der Waals surface area contributed by atoms with Crippen molar-refractivity contribution in [1.29, 1.82) is 0 Å². The highest BCUT2D eigenvalue weighted by Gasteiger charge is 2.23. The van der Waals surface area contributed by atoms with E-state index in [2.05, 4.69) is 7.05 Å². The van der Waals surface area contributed by atoms with Crippen LogP contribution in [0.4, 0.5) is 0 Å². The summed E-state index contributed by atoms with van der Waals surface area (Å²) in [5.41, 5.74) is 1.73. The molecule has 1 fully saturated rings. The van der Waals surface area contributed by atoms with E-state index in [0.717, 1.165) is 25.2 Å². The van der Waals surface area contributed by atoms with E-state index in [1.54, 1.807) is 9.80 Å². The first-order valence-electron chi connectivity index (χ1n) is 7.47. The quantitative estimate of drug-likeness (QED) is 0.690. The topological polar surface area (TPSA) is 35.2 Å². The minimum absolute atomic E-state index is 0.0311. The second-order valence-electron chi connectivity index (χ2n) is 6.00. The van der Waals surface area contributed by atoms with Crippen molar-refractivity contribution in [1.82, 2.24) is 0 Å². The number of quaternary nitrogens is 2. The van der Waals surface area contributed by atoms with E-state index < -0.39 is 0 Å². The summed E-state index contributed by atoms with van der Waals surface area (Å²) in [7, 11) is 2.23. The van der Waals surface area contributed by atoms with E-state index in [-0.39, 0.29) is 12.1 Å². The molecule has 1 heterocycles. The van der Waals surface area contributed by atoms with Gasteiger partial charge in [0.05, 0.1) is 12.6 Å². The smallest absolute Gasteiger partial charge is 0.338 e. The molecule has 2 N–H and O–H groups in total. The van der Waals surface area contributed by atoms with Gasteiger partial charge < -0.3 is 14.5 Å². The Morgan fingerprint density at radius 2 is 2.00 bits per heavy atom. The Balaban J connectivity index is 1.82. The Hall–Kier alpha value is -1.39. The maximum atomic E-state index is 12.1. The van der Waals surface area contributed by atoms with Crippen LogP contribution in [0.2, 0.25) is 0 Å².